The highest BCUT2D eigenvalue weighted by Crippen LogP contribution is 2.40. The molecule has 7 nitrogen and oxygen atoms in total. The van der Waals surface area contributed by atoms with Gasteiger partial charge in [-0.05, 0) is 36.6 Å². The third kappa shape index (κ3) is 4.09. The molecule has 8 heteroatoms. The molecule has 0 bridgehead atoms. The number of rotatable bonds is 6. The molecule has 2 aromatic rings. The first-order chi connectivity index (χ1) is 13.5. The first-order valence-electron chi connectivity index (χ1n) is 9.90. The molecule has 0 saturated carbocycles. The van der Waals surface area contributed by atoms with Crippen molar-refractivity contribution >= 4 is 32.0 Å². The Morgan fingerprint density at radius 1 is 1.28 bits per heavy atom. The predicted octanol–water partition coefficient (Wildman–Crippen LogP) is 2.92. The van der Waals surface area contributed by atoms with Crippen LogP contribution in [0, 0.1) is 23.2 Å². The molecule has 3 rings (SSSR count). The van der Waals surface area contributed by atoms with Crippen LogP contribution in [-0.2, 0) is 9.22 Å². The van der Waals surface area contributed by atoms with E-state index in [1.165, 1.54) is 0 Å². The fraction of sp³-hybridized carbons (Fsp3) is 0.571. The number of para-hydroxylation sites is 2. The second-order valence-electron chi connectivity index (χ2n) is 9.05. The minimum absolute atomic E-state index is 0.0331. The van der Waals surface area contributed by atoms with Gasteiger partial charge in [0.25, 0.3) is 0 Å². The van der Waals surface area contributed by atoms with Crippen LogP contribution in [0.1, 0.15) is 32.5 Å². The number of hydrogen-bond donors (Lipinski definition) is 1. The van der Waals surface area contributed by atoms with Gasteiger partial charge in [-0.15, -0.1) is 0 Å². The molecule has 1 aromatic heterocycles. The molecule has 2 heterocycles. The maximum absolute atomic E-state index is 13.2. The molecule has 29 heavy (non-hydrogen) atoms. The Hall–Kier alpha value is -2.19. The number of β-lactam (4-membered cyclic amide) rings is 1. The van der Waals surface area contributed by atoms with Gasteiger partial charge < -0.3 is 14.2 Å². The van der Waals surface area contributed by atoms with Gasteiger partial charge in [-0.1, -0.05) is 39.8 Å². The number of amides is 1. The summed E-state index contributed by atoms with van der Waals surface area (Å²) in [5.74, 6) is -2.10. The smallest absolute Gasteiger partial charge is 0.417 e. The van der Waals surface area contributed by atoms with Crippen molar-refractivity contribution in [2.24, 2.45) is 23.2 Å². The zero-order valence-electron chi connectivity index (χ0n) is 17.8. The summed E-state index contributed by atoms with van der Waals surface area (Å²) < 4.78 is 12.2. The molecule has 0 spiro atoms. The standard InChI is InChI=1S/C21H29N2O5Si/c1-12(19(25)23-14-9-7-8-10-15(14)28-20(23)26)17-16(18(24)22-17)13(21(2,3)4)11-27-29(5)6/h7-10,12-13,16-17H,11H2,1-6H3,(H,22,24)/t12-,13-,16+,17-/m1/s1. The molecule has 0 unspecified atom stereocenters. The fourth-order valence-corrected chi connectivity index (χ4v) is 4.48. The van der Waals surface area contributed by atoms with E-state index in [9.17, 15) is 14.4 Å². The lowest BCUT2D eigenvalue weighted by Gasteiger charge is -2.48. The summed E-state index contributed by atoms with van der Waals surface area (Å²) in [7, 11) is -0.898. The van der Waals surface area contributed by atoms with E-state index in [-0.39, 0.29) is 35.1 Å². The van der Waals surface area contributed by atoms with E-state index < -0.39 is 20.7 Å². The summed E-state index contributed by atoms with van der Waals surface area (Å²) in [4.78, 5) is 38.0. The molecule has 1 amide bonds. The highest BCUT2D eigenvalue weighted by atomic mass is 28.3. The SMILES string of the molecule is C[C@@H](C(=O)n1c(=O)oc2ccccc21)[C@H]1NC(=O)[C@H]1[C@@H](CO[Si](C)C)C(C)(C)C. The monoisotopic (exact) mass is 417 g/mol. The highest BCUT2D eigenvalue weighted by Gasteiger charge is 2.52. The Bertz CT molecular complexity index is 971. The van der Waals surface area contributed by atoms with Gasteiger partial charge in [-0.2, -0.15) is 0 Å². The largest absolute Gasteiger partial charge is 0.426 e. The normalized spacial score (nSPS) is 21.7. The summed E-state index contributed by atoms with van der Waals surface area (Å²) in [6.07, 6.45) is 0. The third-order valence-electron chi connectivity index (χ3n) is 5.73. The number of fused-ring (bicyclic) bond motifs is 1. The molecular formula is C21H29N2O5Si. The van der Waals surface area contributed by atoms with Crippen molar-refractivity contribution in [1.82, 2.24) is 9.88 Å². The zero-order valence-corrected chi connectivity index (χ0v) is 18.8. The van der Waals surface area contributed by atoms with Crippen LogP contribution in [-0.4, -0.2) is 38.1 Å². The van der Waals surface area contributed by atoms with Gasteiger partial charge >= 0.3 is 5.76 Å². The molecule has 1 aromatic carbocycles. The Kier molecular flexibility index (Phi) is 5.87. The highest BCUT2D eigenvalue weighted by molar-refractivity contribution is 6.48. The molecule has 1 N–H and O–H groups in total. The topological polar surface area (TPSA) is 90.5 Å². The zero-order chi connectivity index (χ0) is 21.5. The average molecular weight is 418 g/mol. The van der Waals surface area contributed by atoms with Gasteiger partial charge in [0.2, 0.25) is 20.9 Å². The number of carbonyl (C=O) groups excluding carboxylic acids is 2. The van der Waals surface area contributed by atoms with E-state index in [2.05, 4.69) is 39.2 Å². The minimum Gasteiger partial charge on any atom is -0.417 e. The second-order valence-corrected chi connectivity index (χ2v) is 11.2. The molecule has 1 aliphatic rings. The van der Waals surface area contributed by atoms with Crippen LogP contribution in [0.4, 0.5) is 0 Å². The van der Waals surface area contributed by atoms with Crippen LogP contribution in [0.25, 0.3) is 11.1 Å². The van der Waals surface area contributed by atoms with Crippen LogP contribution in [0.2, 0.25) is 13.1 Å². The van der Waals surface area contributed by atoms with Gasteiger partial charge in [0.05, 0.1) is 23.4 Å². The number of nitrogens with one attached hydrogen (secondary N) is 1. The first-order valence-corrected chi connectivity index (χ1v) is 12.3. The maximum atomic E-state index is 13.2. The Balaban J connectivity index is 1.88. The molecule has 1 aliphatic heterocycles. The van der Waals surface area contributed by atoms with E-state index in [1.54, 1.807) is 31.2 Å². The summed E-state index contributed by atoms with van der Waals surface area (Å²) >= 11 is 0. The lowest BCUT2D eigenvalue weighted by molar-refractivity contribution is -0.143. The quantitative estimate of drug-likeness (QED) is 0.576. The molecule has 4 atom stereocenters. The number of hydrogen-bond acceptors (Lipinski definition) is 5. The van der Waals surface area contributed by atoms with Gasteiger partial charge in [0, 0.05) is 6.61 Å². The average Bonchev–Trinajstić information content (AvgIpc) is 2.96. The van der Waals surface area contributed by atoms with E-state index in [4.69, 9.17) is 8.84 Å². The van der Waals surface area contributed by atoms with Crippen molar-refractivity contribution in [2.75, 3.05) is 6.61 Å². The van der Waals surface area contributed by atoms with Gasteiger partial charge in [0.1, 0.15) is 0 Å². The molecule has 1 fully saturated rings. The lowest BCUT2D eigenvalue weighted by Crippen LogP contribution is -2.67. The molecule has 0 aliphatic carbocycles. The Labute approximate surface area is 172 Å². The Morgan fingerprint density at radius 3 is 2.52 bits per heavy atom. The Morgan fingerprint density at radius 2 is 1.93 bits per heavy atom. The summed E-state index contributed by atoms with van der Waals surface area (Å²) in [6.45, 7) is 12.6. The molecule has 1 saturated heterocycles. The number of benzene rings is 1. The maximum Gasteiger partial charge on any atom is 0.426 e. The van der Waals surface area contributed by atoms with Crippen LogP contribution < -0.4 is 11.1 Å². The van der Waals surface area contributed by atoms with E-state index >= 15 is 0 Å². The summed E-state index contributed by atoms with van der Waals surface area (Å²) in [6, 6.07) is 6.48. The van der Waals surface area contributed by atoms with E-state index in [1.807, 2.05) is 0 Å². The van der Waals surface area contributed by atoms with Crippen LogP contribution >= 0.6 is 0 Å². The summed E-state index contributed by atoms with van der Waals surface area (Å²) in [5.41, 5.74) is 0.644. The first kappa shape index (κ1) is 21.5. The molecule has 1 radical (unpaired) electrons. The molecular weight excluding hydrogens is 388 g/mol. The number of aromatic nitrogens is 1. The van der Waals surface area contributed by atoms with Crippen molar-refractivity contribution in [1.29, 1.82) is 0 Å². The van der Waals surface area contributed by atoms with Gasteiger partial charge in [0.15, 0.2) is 5.58 Å². The second kappa shape index (κ2) is 7.91. The minimum atomic E-state index is -0.898. The van der Waals surface area contributed by atoms with E-state index in [0.717, 1.165) is 4.57 Å². The van der Waals surface area contributed by atoms with Crippen molar-refractivity contribution in [3.8, 4) is 0 Å². The van der Waals surface area contributed by atoms with Crippen molar-refractivity contribution in [2.45, 2.75) is 46.8 Å². The number of nitrogens with zero attached hydrogens (tertiary/aromatic N) is 1. The van der Waals surface area contributed by atoms with Crippen molar-refractivity contribution in [3.05, 3.63) is 34.8 Å². The third-order valence-corrected chi connectivity index (χ3v) is 6.47. The van der Waals surface area contributed by atoms with Gasteiger partial charge in [-0.3, -0.25) is 9.59 Å². The predicted molar refractivity (Wildman–Crippen MR) is 112 cm³/mol. The molecule has 157 valence electrons. The van der Waals surface area contributed by atoms with Crippen molar-refractivity contribution in [3.63, 3.8) is 0 Å². The van der Waals surface area contributed by atoms with Crippen molar-refractivity contribution < 1.29 is 18.4 Å². The lowest BCUT2D eigenvalue weighted by atomic mass is 9.65. The van der Waals surface area contributed by atoms with Crippen LogP contribution in [0.15, 0.2) is 33.5 Å². The van der Waals surface area contributed by atoms with Crippen LogP contribution in [0.3, 0.4) is 0 Å². The number of oxazole rings is 1. The van der Waals surface area contributed by atoms with Gasteiger partial charge in [-0.25, -0.2) is 9.36 Å². The summed E-state index contributed by atoms with van der Waals surface area (Å²) in [5, 5.41) is 2.89. The fourth-order valence-electron chi connectivity index (χ4n) is 3.97. The number of carbonyl (C=O) groups is 2. The van der Waals surface area contributed by atoms with E-state index in [0.29, 0.717) is 17.7 Å². The van der Waals surface area contributed by atoms with Crippen LogP contribution in [0.5, 0.6) is 0 Å².